The van der Waals surface area contributed by atoms with Crippen LogP contribution >= 0.6 is 15.9 Å². The maximum atomic E-state index is 11.1. The minimum absolute atomic E-state index is 0.0311. The van der Waals surface area contributed by atoms with Gasteiger partial charge in [0.1, 0.15) is 0 Å². The largest absolute Gasteiger partial charge is 0.430 e. The van der Waals surface area contributed by atoms with Gasteiger partial charge in [-0.3, -0.25) is 14.9 Å². The molecule has 20 heavy (non-hydrogen) atoms. The molecule has 0 aliphatic carbocycles. The Bertz CT molecular complexity index is 696. The maximum Gasteiger partial charge on any atom is 0.312 e. The summed E-state index contributed by atoms with van der Waals surface area (Å²) in [5, 5.41) is 15.1. The van der Waals surface area contributed by atoms with E-state index in [4.69, 9.17) is 4.74 Å². The molecule has 2 rings (SSSR count). The summed E-state index contributed by atoms with van der Waals surface area (Å²) in [4.78, 5) is 21.5. The number of aryl methyl sites for hydroxylation is 2. The molecule has 0 unspecified atom stereocenters. The van der Waals surface area contributed by atoms with Gasteiger partial charge in [-0.2, -0.15) is 5.10 Å². The van der Waals surface area contributed by atoms with Crippen LogP contribution in [0.1, 0.15) is 16.1 Å². The highest BCUT2D eigenvalue weighted by molar-refractivity contribution is 9.10. The van der Waals surface area contributed by atoms with Gasteiger partial charge in [0.2, 0.25) is 11.6 Å². The molecule has 0 aliphatic rings. The van der Waals surface area contributed by atoms with Gasteiger partial charge in [-0.25, -0.2) is 4.68 Å². The number of para-hydroxylation sites is 1. The first-order chi connectivity index (χ1) is 9.45. The topological polar surface area (TPSA) is 87.3 Å². The van der Waals surface area contributed by atoms with Gasteiger partial charge in [-0.05, 0) is 28.9 Å². The number of ether oxygens (including phenoxy) is 1. The number of nitrogens with zero attached hydrogens (tertiary/aromatic N) is 3. The van der Waals surface area contributed by atoms with Crippen LogP contribution in [0.3, 0.4) is 0 Å². The van der Waals surface area contributed by atoms with Crippen LogP contribution in [0.25, 0.3) is 0 Å². The van der Waals surface area contributed by atoms with Crippen molar-refractivity contribution < 1.29 is 14.5 Å². The van der Waals surface area contributed by atoms with E-state index in [2.05, 4.69) is 21.0 Å². The van der Waals surface area contributed by atoms with Gasteiger partial charge >= 0.3 is 5.69 Å². The lowest BCUT2D eigenvalue weighted by atomic mass is 10.2. The van der Waals surface area contributed by atoms with Crippen LogP contribution < -0.4 is 4.74 Å². The van der Waals surface area contributed by atoms with E-state index >= 15 is 0 Å². The van der Waals surface area contributed by atoms with E-state index in [-0.39, 0.29) is 22.9 Å². The van der Waals surface area contributed by atoms with Crippen molar-refractivity contribution in [2.45, 2.75) is 6.92 Å². The molecule has 1 heterocycles. The standard InChI is InChI=1S/C12H10BrN3O4/c1-7-8(6-17)12(15(2)14-7)20-11-9(13)4-3-5-10(11)16(18)19/h3-6H,1-2H3. The second-order valence-electron chi connectivity index (χ2n) is 3.99. The highest BCUT2D eigenvalue weighted by atomic mass is 79.9. The van der Waals surface area contributed by atoms with Crippen LogP contribution in [0.2, 0.25) is 0 Å². The Morgan fingerprint density at radius 2 is 2.20 bits per heavy atom. The Morgan fingerprint density at radius 1 is 1.50 bits per heavy atom. The molecule has 0 aliphatic heterocycles. The minimum Gasteiger partial charge on any atom is -0.430 e. The number of hydrogen-bond donors (Lipinski definition) is 0. The van der Waals surface area contributed by atoms with Gasteiger partial charge in [-0.15, -0.1) is 0 Å². The molecule has 8 heteroatoms. The number of halogens is 1. The van der Waals surface area contributed by atoms with E-state index in [1.54, 1.807) is 20.0 Å². The number of carbonyl (C=O) groups excluding carboxylic acids is 1. The molecular formula is C12H10BrN3O4. The molecule has 0 fully saturated rings. The van der Waals surface area contributed by atoms with Gasteiger partial charge < -0.3 is 4.74 Å². The third-order valence-electron chi connectivity index (χ3n) is 2.67. The summed E-state index contributed by atoms with van der Waals surface area (Å²) in [7, 11) is 1.60. The number of carbonyl (C=O) groups is 1. The summed E-state index contributed by atoms with van der Waals surface area (Å²) in [6.07, 6.45) is 0.611. The molecule has 0 bridgehead atoms. The zero-order chi connectivity index (χ0) is 14.9. The smallest absolute Gasteiger partial charge is 0.312 e. The van der Waals surface area contributed by atoms with Crippen molar-refractivity contribution in [3.63, 3.8) is 0 Å². The highest BCUT2D eigenvalue weighted by Gasteiger charge is 2.22. The lowest BCUT2D eigenvalue weighted by Gasteiger charge is -2.08. The Hall–Kier alpha value is -2.22. The van der Waals surface area contributed by atoms with Gasteiger partial charge in [-0.1, -0.05) is 6.07 Å². The van der Waals surface area contributed by atoms with Crippen LogP contribution in [0.15, 0.2) is 22.7 Å². The van der Waals surface area contributed by atoms with Crippen LogP contribution in [-0.4, -0.2) is 21.0 Å². The summed E-state index contributed by atoms with van der Waals surface area (Å²) in [5.74, 6) is 0.191. The Labute approximate surface area is 122 Å². The fraction of sp³-hybridized carbons (Fsp3) is 0.167. The van der Waals surface area contributed by atoms with Crippen molar-refractivity contribution in [1.29, 1.82) is 0 Å². The molecule has 0 atom stereocenters. The fourth-order valence-electron chi connectivity index (χ4n) is 1.75. The van der Waals surface area contributed by atoms with E-state index in [1.807, 2.05) is 0 Å². The van der Waals surface area contributed by atoms with E-state index in [0.717, 1.165) is 0 Å². The van der Waals surface area contributed by atoms with E-state index < -0.39 is 4.92 Å². The SMILES string of the molecule is Cc1nn(C)c(Oc2c(Br)cccc2[N+](=O)[O-])c1C=O. The van der Waals surface area contributed by atoms with Crippen molar-refractivity contribution in [3.05, 3.63) is 44.0 Å². The lowest BCUT2D eigenvalue weighted by molar-refractivity contribution is -0.385. The summed E-state index contributed by atoms with van der Waals surface area (Å²) < 4.78 is 7.34. The van der Waals surface area contributed by atoms with Gasteiger partial charge in [0.15, 0.2) is 6.29 Å². The molecule has 1 aromatic carbocycles. The molecule has 0 spiro atoms. The highest BCUT2D eigenvalue weighted by Crippen LogP contribution is 2.38. The van der Waals surface area contributed by atoms with Gasteiger partial charge in [0.05, 0.1) is 20.7 Å². The Balaban J connectivity index is 2.56. The summed E-state index contributed by atoms with van der Waals surface area (Å²) in [6.45, 7) is 1.66. The number of benzene rings is 1. The van der Waals surface area contributed by atoms with Crippen molar-refractivity contribution >= 4 is 27.9 Å². The quantitative estimate of drug-likeness (QED) is 0.485. The molecule has 0 N–H and O–H groups in total. The summed E-state index contributed by atoms with van der Waals surface area (Å²) in [5.41, 5.74) is 0.555. The zero-order valence-corrected chi connectivity index (χ0v) is 12.2. The average Bonchev–Trinajstić information content (AvgIpc) is 2.65. The zero-order valence-electron chi connectivity index (χ0n) is 10.7. The first-order valence-corrected chi connectivity index (χ1v) is 6.34. The average molecular weight is 340 g/mol. The van der Waals surface area contributed by atoms with Crippen molar-refractivity contribution in [3.8, 4) is 11.6 Å². The molecule has 104 valence electrons. The first kappa shape index (κ1) is 14.2. The van der Waals surface area contributed by atoms with Gasteiger partial charge in [0.25, 0.3) is 0 Å². The van der Waals surface area contributed by atoms with Crippen molar-refractivity contribution in [1.82, 2.24) is 9.78 Å². The summed E-state index contributed by atoms with van der Waals surface area (Å²) in [6, 6.07) is 4.47. The van der Waals surface area contributed by atoms with E-state index in [0.29, 0.717) is 16.5 Å². The number of nitro benzene ring substituents is 1. The molecule has 2 aromatic rings. The van der Waals surface area contributed by atoms with Crippen molar-refractivity contribution in [2.75, 3.05) is 0 Å². The van der Waals surface area contributed by atoms with Crippen LogP contribution in [-0.2, 0) is 7.05 Å². The third kappa shape index (κ3) is 2.42. The third-order valence-corrected chi connectivity index (χ3v) is 3.30. The van der Waals surface area contributed by atoms with Crippen LogP contribution in [0, 0.1) is 17.0 Å². The van der Waals surface area contributed by atoms with Crippen LogP contribution in [0.5, 0.6) is 11.6 Å². The van der Waals surface area contributed by atoms with Crippen LogP contribution in [0.4, 0.5) is 5.69 Å². The molecule has 1 aromatic heterocycles. The van der Waals surface area contributed by atoms with E-state index in [1.165, 1.54) is 16.8 Å². The summed E-state index contributed by atoms with van der Waals surface area (Å²) >= 11 is 3.20. The minimum atomic E-state index is -0.552. The van der Waals surface area contributed by atoms with Gasteiger partial charge in [0, 0.05) is 13.1 Å². The normalized spacial score (nSPS) is 10.3. The number of hydrogen-bond acceptors (Lipinski definition) is 5. The fourth-order valence-corrected chi connectivity index (χ4v) is 2.19. The Kier molecular flexibility index (Phi) is 3.84. The predicted molar refractivity (Wildman–Crippen MR) is 74.2 cm³/mol. The van der Waals surface area contributed by atoms with Crippen molar-refractivity contribution in [2.24, 2.45) is 7.05 Å². The molecule has 0 amide bonds. The molecule has 0 saturated carbocycles. The monoisotopic (exact) mass is 339 g/mol. The number of nitro groups is 1. The number of aldehydes is 1. The first-order valence-electron chi connectivity index (χ1n) is 5.55. The second-order valence-corrected chi connectivity index (χ2v) is 4.85. The molecule has 0 saturated heterocycles. The predicted octanol–water partition coefficient (Wildman–Crippen LogP) is 3.00. The second kappa shape index (κ2) is 5.41. The van der Waals surface area contributed by atoms with E-state index in [9.17, 15) is 14.9 Å². The molecule has 0 radical (unpaired) electrons. The lowest BCUT2D eigenvalue weighted by Crippen LogP contribution is -2.00. The number of rotatable bonds is 4. The molecular weight excluding hydrogens is 330 g/mol. The number of aromatic nitrogens is 2. The molecule has 7 nitrogen and oxygen atoms in total. The maximum absolute atomic E-state index is 11.1. The Morgan fingerprint density at radius 3 is 2.80 bits per heavy atom.